The van der Waals surface area contributed by atoms with E-state index in [1.54, 1.807) is 16.8 Å². The van der Waals surface area contributed by atoms with E-state index in [1.807, 2.05) is 6.92 Å². The van der Waals surface area contributed by atoms with Crippen molar-refractivity contribution in [3.63, 3.8) is 0 Å². The molecule has 1 amide bonds. The van der Waals surface area contributed by atoms with Gasteiger partial charge in [-0.3, -0.25) is 4.79 Å². The van der Waals surface area contributed by atoms with Gasteiger partial charge in [0.2, 0.25) is 5.91 Å². The highest BCUT2D eigenvalue weighted by Gasteiger charge is 2.13. The van der Waals surface area contributed by atoms with E-state index in [0.29, 0.717) is 18.5 Å². The minimum Gasteiger partial charge on any atom is -0.478 e. The Morgan fingerprint density at radius 3 is 2.67 bits per heavy atom. The zero-order valence-electron chi connectivity index (χ0n) is 8.56. The van der Waals surface area contributed by atoms with E-state index < -0.39 is 5.97 Å². The van der Waals surface area contributed by atoms with E-state index in [2.05, 4.69) is 0 Å². The van der Waals surface area contributed by atoms with Gasteiger partial charge < -0.3 is 15.4 Å². The molecule has 15 heavy (non-hydrogen) atoms. The fraction of sp³-hybridized carbons (Fsp3) is 0.400. The molecule has 0 aliphatic heterocycles. The monoisotopic (exact) mass is 210 g/mol. The van der Waals surface area contributed by atoms with Crippen molar-refractivity contribution in [1.29, 1.82) is 0 Å². The Hall–Kier alpha value is -1.78. The second kappa shape index (κ2) is 4.63. The molecule has 3 N–H and O–H groups in total. The molecule has 0 aliphatic carbocycles. The number of aromatic nitrogens is 1. The summed E-state index contributed by atoms with van der Waals surface area (Å²) in [5.74, 6) is -1.33. The molecule has 0 atom stereocenters. The first-order valence-electron chi connectivity index (χ1n) is 4.75. The Morgan fingerprint density at radius 2 is 2.20 bits per heavy atom. The molecule has 0 saturated carbocycles. The summed E-state index contributed by atoms with van der Waals surface area (Å²) >= 11 is 0. The molecule has 0 fully saturated rings. The Balaban J connectivity index is 2.89. The SMILES string of the molecule is CCc1c(C(=O)O)ccn1CCC(N)=O. The van der Waals surface area contributed by atoms with Gasteiger partial charge in [0, 0.05) is 24.9 Å². The average Bonchev–Trinajstić information content (AvgIpc) is 2.57. The normalized spacial score (nSPS) is 10.2. The minimum atomic E-state index is -0.940. The first-order chi connectivity index (χ1) is 7.06. The van der Waals surface area contributed by atoms with Gasteiger partial charge in [0.1, 0.15) is 0 Å². The Kier molecular flexibility index (Phi) is 3.49. The van der Waals surface area contributed by atoms with Crippen LogP contribution in [0.25, 0.3) is 0 Å². The summed E-state index contributed by atoms with van der Waals surface area (Å²) < 4.78 is 1.76. The lowest BCUT2D eigenvalue weighted by atomic mass is 10.2. The van der Waals surface area contributed by atoms with Crippen molar-refractivity contribution in [2.45, 2.75) is 26.3 Å². The number of carboxylic acids is 1. The highest BCUT2D eigenvalue weighted by molar-refractivity contribution is 5.89. The van der Waals surface area contributed by atoms with Gasteiger partial charge in [-0.1, -0.05) is 6.92 Å². The molecule has 0 radical (unpaired) electrons. The van der Waals surface area contributed by atoms with E-state index in [9.17, 15) is 9.59 Å². The van der Waals surface area contributed by atoms with Crippen LogP contribution in [0.15, 0.2) is 12.3 Å². The van der Waals surface area contributed by atoms with Crippen LogP contribution in [0.3, 0.4) is 0 Å². The maximum absolute atomic E-state index is 10.8. The second-order valence-electron chi connectivity index (χ2n) is 3.24. The van der Waals surface area contributed by atoms with Crippen LogP contribution in [-0.4, -0.2) is 21.6 Å². The van der Waals surface area contributed by atoms with Crippen molar-refractivity contribution < 1.29 is 14.7 Å². The summed E-state index contributed by atoms with van der Waals surface area (Å²) in [5.41, 5.74) is 6.05. The summed E-state index contributed by atoms with van der Waals surface area (Å²) in [6.07, 6.45) is 2.51. The number of carbonyl (C=O) groups is 2. The van der Waals surface area contributed by atoms with Crippen LogP contribution >= 0.6 is 0 Å². The second-order valence-corrected chi connectivity index (χ2v) is 3.24. The number of rotatable bonds is 5. The lowest BCUT2D eigenvalue weighted by Crippen LogP contribution is -2.15. The van der Waals surface area contributed by atoms with Crippen molar-refractivity contribution >= 4 is 11.9 Å². The number of amides is 1. The summed E-state index contributed by atoms with van der Waals surface area (Å²) in [4.78, 5) is 21.4. The summed E-state index contributed by atoms with van der Waals surface area (Å²) in [5, 5.41) is 8.88. The number of carboxylic acid groups (broad SMARTS) is 1. The molecule has 0 aliphatic rings. The Morgan fingerprint density at radius 1 is 1.53 bits per heavy atom. The third kappa shape index (κ3) is 2.59. The molecule has 5 heteroatoms. The Labute approximate surface area is 87.5 Å². The van der Waals surface area contributed by atoms with Gasteiger partial charge >= 0.3 is 5.97 Å². The zero-order chi connectivity index (χ0) is 11.4. The average molecular weight is 210 g/mol. The molecule has 0 unspecified atom stereocenters. The highest BCUT2D eigenvalue weighted by atomic mass is 16.4. The van der Waals surface area contributed by atoms with E-state index in [0.717, 1.165) is 5.69 Å². The number of primary amides is 1. The Bertz CT molecular complexity index is 382. The first kappa shape index (κ1) is 11.3. The van der Waals surface area contributed by atoms with Crippen molar-refractivity contribution in [2.75, 3.05) is 0 Å². The zero-order valence-corrected chi connectivity index (χ0v) is 8.56. The van der Waals surface area contributed by atoms with Gasteiger partial charge in [-0.25, -0.2) is 4.79 Å². The molecule has 1 aromatic heterocycles. The maximum atomic E-state index is 10.8. The van der Waals surface area contributed by atoms with E-state index in [-0.39, 0.29) is 12.3 Å². The van der Waals surface area contributed by atoms with E-state index in [4.69, 9.17) is 10.8 Å². The standard InChI is InChI=1S/C10H14N2O3/c1-2-8-7(10(14)15)3-5-12(8)6-4-9(11)13/h3,5H,2,4,6H2,1H3,(H2,11,13)(H,14,15). The quantitative estimate of drug-likeness (QED) is 0.747. The molecule has 1 rings (SSSR count). The predicted octanol–water partition coefficient (Wildman–Crippen LogP) is 0.624. The third-order valence-corrected chi connectivity index (χ3v) is 2.24. The van der Waals surface area contributed by atoms with Gasteiger partial charge in [-0.15, -0.1) is 0 Å². The number of nitrogens with zero attached hydrogens (tertiary/aromatic N) is 1. The van der Waals surface area contributed by atoms with Crippen LogP contribution in [0.4, 0.5) is 0 Å². The van der Waals surface area contributed by atoms with Crippen molar-refractivity contribution in [3.05, 3.63) is 23.5 Å². The lowest BCUT2D eigenvalue weighted by molar-refractivity contribution is -0.118. The van der Waals surface area contributed by atoms with Crippen LogP contribution in [-0.2, 0) is 17.8 Å². The van der Waals surface area contributed by atoms with Gasteiger partial charge in [-0.05, 0) is 12.5 Å². The molecular weight excluding hydrogens is 196 g/mol. The molecular formula is C10H14N2O3. The summed E-state index contributed by atoms with van der Waals surface area (Å²) in [6, 6.07) is 1.54. The van der Waals surface area contributed by atoms with Gasteiger partial charge in [-0.2, -0.15) is 0 Å². The van der Waals surface area contributed by atoms with Crippen LogP contribution in [0.2, 0.25) is 0 Å². The highest BCUT2D eigenvalue weighted by Crippen LogP contribution is 2.12. The number of carbonyl (C=O) groups excluding carboxylic acids is 1. The van der Waals surface area contributed by atoms with Crippen LogP contribution < -0.4 is 5.73 Å². The molecule has 5 nitrogen and oxygen atoms in total. The fourth-order valence-corrected chi connectivity index (χ4v) is 1.53. The van der Waals surface area contributed by atoms with Gasteiger partial charge in [0.15, 0.2) is 0 Å². The van der Waals surface area contributed by atoms with Gasteiger partial charge in [0.25, 0.3) is 0 Å². The molecule has 0 saturated heterocycles. The number of aromatic carboxylic acids is 1. The molecule has 0 bridgehead atoms. The number of aryl methyl sites for hydroxylation is 1. The van der Waals surface area contributed by atoms with E-state index in [1.165, 1.54) is 0 Å². The molecule has 1 aromatic rings. The third-order valence-electron chi connectivity index (χ3n) is 2.24. The molecule has 1 heterocycles. The predicted molar refractivity (Wildman–Crippen MR) is 54.6 cm³/mol. The first-order valence-corrected chi connectivity index (χ1v) is 4.75. The topological polar surface area (TPSA) is 85.3 Å². The number of hydrogen-bond donors (Lipinski definition) is 2. The largest absolute Gasteiger partial charge is 0.478 e. The van der Waals surface area contributed by atoms with Crippen molar-refractivity contribution in [2.24, 2.45) is 5.73 Å². The molecule has 82 valence electrons. The van der Waals surface area contributed by atoms with Crippen LogP contribution in [0, 0.1) is 0 Å². The summed E-state index contributed by atoms with van der Waals surface area (Å²) in [6.45, 7) is 2.31. The van der Waals surface area contributed by atoms with E-state index >= 15 is 0 Å². The smallest absolute Gasteiger partial charge is 0.337 e. The van der Waals surface area contributed by atoms with Crippen molar-refractivity contribution in [3.8, 4) is 0 Å². The number of nitrogens with two attached hydrogens (primary N) is 1. The summed E-state index contributed by atoms with van der Waals surface area (Å²) in [7, 11) is 0. The van der Waals surface area contributed by atoms with Gasteiger partial charge in [0.05, 0.1) is 5.56 Å². The fourth-order valence-electron chi connectivity index (χ4n) is 1.53. The van der Waals surface area contributed by atoms with Crippen LogP contribution in [0.1, 0.15) is 29.4 Å². The maximum Gasteiger partial charge on any atom is 0.337 e. The van der Waals surface area contributed by atoms with Crippen molar-refractivity contribution in [1.82, 2.24) is 4.57 Å². The lowest BCUT2D eigenvalue weighted by Gasteiger charge is -2.06. The number of hydrogen-bond acceptors (Lipinski definition) is 2. The van der Waals surface area contributed by atoms with Crippen LogP contribution in [0.5, 0.6) is 0 Å². The molecule has 0 spiro atoms. The minimum absolute atomic E-state index is 0.223. The molecule has 0 aromatic carbocycles.